The fourth-order valence-corrected chi connectivity index (χ4v) is 2.09. The molecule has 2 rings (SSSR count). The van der Waals surface area contributed by atoms with Crippen LogP contribution < -0.4 is 0 Å². The molecular formula is C8H14. The van der Waals surface area contributed by atoms with E-state index in [0.717, 1.165) is 5.92 Å². The second-order valence-corrected chi connectivity index (χ2v) is 3.67. The first kappa shape index (κ1) is 4.84. The highest BCUT2D eigenvalue weighted by Gasteiger charge is 2.40. The summed E-state index contributed by atoms with van der Waals surface area (Å²) < 4.78 is 0. The van der Waals surface area contributed by atoms with Gasteiger partial charge in [0.25, 0.3) is 0 Å². The Labute approximate surface area is 51.3 Å². The van der Waals surface area contributed by atoms with E-state index in [2.05, 4.69) is 6.92 Å². The molecule has 0 spiro atoms. The Balaban J connectivity index is 1.93. The molecule has 0 radical (unpaired) electrons. The number of hydrogen-bond donors (Lipinski definition) is 0. The SMILES string of the molecule is C[C@H]1CCC2CC2C1. The molecule has 2 saturated carbocycles. The molecule has 0 aromatic heterocycles. The molecule has 46 valence electrons. The van der Waals surface area contributed by atoms with Crippen molar-refractivity contribution in [2.45, 2.75) is 32.6 Å². The molecule has 3 atom stereocenters. The van der Waals surface area contributed by atoms with Crippen LogP contribution in [0.1, 0.15) is 32.6 Å². The first-order chi connectivity index (χ1) is 3.86. The Hall–Kier alpha value is 0. The van der Waals surface area contributed by atoms with Crippen molar-refractivity contribution in [2.75, 3.05) is 0 Å². The summed E-state index contributed by atoms with van der Waals surface area (Å²) in [4.78, 5) is 0. The van der Waals surface area contributed by atoms with Crippen LogP contribution >= 0.6 is 0 Å². The van der Waals surface area contributed by atoms with Gasteiger partial charge in [0.1, 0.15) is 0 Å². The third kappa shape index (κ3) is 0.667. The smallest absolute Gasteiger partial charge is 0.0380 e. The van der Waals surface area contributed by atoms with Crippen LogP contribution in [-0.4, -0.2) is 0 Å². The topological polar surface area (TPSA) is 0 Å². The summed E-state index contributed by atoms with van der Waals surface area (Å²) in [5.41, 5.74) is 0. The van der Waals surface area contributed by atoms with Crippen molar-refractivity contribution in [3.63, 3.8) is 0 Å². The Kier molecular flexibility index (Phi) is 0.902. The number of rotatable bonds is 0. The van der Waals surface area contributed by atoms with Crippen molar-refractivity contribution in [2.24, 2.45) is 17.8 Å². The third-order valence-electron chi connectivity index (χ3n) is 2.80. The van der Waals surface area contributed by atoms with Gasteiger partial charge in [-0.1, -0.05) is 13.3 Å². The maximum atomic E-state index is 2.40. The van der Waals surface area contributed by atoms with E-state index in [1.807, 2.05) is 0 Å². The largest absolute Gasteiger partial charge is 0.0625 e. The number of fused-ring (bicyclic) bond motifs is 1. The average Bonchev–Trinajstić information content (AvgIpc) is 2.43. The third-order valence-corrected chi connectivity index (χ3v) is 2.80. The quantitative estimate of drug-likeness (QED) is 0.449. The lowest BCUT2D eigenvalue weighted by Crippen LogP contribution is -2.03. The van der Waals surface area contributed by atoms with Gasteiger partial charge in [-0.05, 0) is 37.0 Å². The summed E-state index contributed by atoms with van der Waals surface area (Å²) in [7, 11) is 0. The van der Waals surface area contributed by atoms with Crippen LogP contribution in [0.3, 0.4) is 0 Å². The summed E-state index contributed by atoms with van der Waals surface area (Å²) >= 11 is 0. The van der Waals surface area contributed by atoms with Crippen molar-refractivity contribution in [3.05, 3.63) is 0 Å². The molecule has 8 heavy (non-hydrogen) atoms. The van der Waals surface area contributed by atoms with E-state index in [0.29, 0.717) is 0 Å². The summed E-state index contributed by atoms with van der Waals surface area (Å²) in [5.74, 6) is 3.42. The van der Waals surface area contributed by atoms with Crippen molar-refractivity contribution < 1.29 is 0 Å². The first-order valence-corrected chi connectivity index (χ1v) is 3.86. The van der Waals surface area contributed by atoms with E-state index in [-0.39, 0.29) is 0 Å². The van der Waals surface area contributed by atoms with Crippen LogP contribution in [0.2, 0.25) is 0 Å². The van der Waals surface area contributed by atoms with Gasteiger partial charge in [-0.2, -0.15) is 0 Å². The Morgan fingerprint density at radius 1 is 1.00 bits per heavy atom. The lowest BCUT2D eigenvalue weighted by molar-refractivity contribution is 0.368. The van der Waals surface area contributed by atoms with Gasteiger partial charge in [-0.15, -0.1) is 0 Å². The lowest BCUT2D eigenvalue weighted by atomic mass is 9.91. The molecular weight excluding hydrogens is 96.1 g/mol. The fraction of sp³-hybridized carbons (Fsp3) is 1.00. The molecule has 2 aliphatic carbocycles. The predicted molar refractivity (Wildman–Crippen MR) is 34.6 cm³/mol. The van der Waals surface area contributed by atoms with Gasteiger partial charge in [-0.3, -0.25) is 0 Å². The van der Waals surface area contributed by atoms with Crippen LogP contribution in [0.4, 0.5) is 0 Å². The zero-order valence-corrected chi connectivity index (χ0v) is 5.56. The minimum atomic E-state index is 1.05. The summed E-state index contributed by atoms with van der Waals surface area (Å²) in [6, 6.07) is 0. The van der Waals surface area contributed by atoms with Crippen molar-refractivity contribution in [1.29, 1.82) is 0 Å². The Morgan fingerprint density at radius 2 is 1.88 bits per heavy atom. The molecule has 2 fully saturated rings. The van der Waals surface area contributed by atoms with Gasteiger partial charge in [0.05, 0.1) is 0 Å². The van der Waals surface area contributed by atoms with Crippen LogP contribution in [0.25, 0.3) is 0 Å². The minimum absolute atomic E-state index is 1.05. The summed E-state index contributed by atoms with van der Waals surface area (Å²) in [6.07, 6.45) is 6.18. The maximum absolute atomic E-state index is 2.40. The maximum Gasteiger partial charge on any atom is -0.0380 e. The van der Waals surface area contributed by atoms with E-state index in [1.165, 1.54) is 18.3 Å². The molecule has 0 bridgehead atoms. The number of hydrogen-bond acceptors (Lipinski definition) is 0. The van der Waals surface area contributed by atoms with Gasteiger partial charge in [0, 0.05) is 0 Å². The molecule has 0 heteroatoms. The summed E-state index contributed by atoms with van der Waals surface area (Å²) in [6.45, 7) is 2.40. The van der Waals surface area contributed by atoms with Gasteiger partial charge >= 0.3 is 0 Å². The van der Waals surface area contributed by atoms with E-state index in [4.69, 9.17) is 0 Å². The lowest BCUT2D eigenvalue weighted by Gasteiger charge is -2.15. The molecule has 0 amide bonds. The molecule has 0 N–H and O–H groups in total. The minimum Gasteiger partial charge on any atom is -0.0625 e. The predicted octanol–water partition coefficient (Wildman–Crippen LogP) is 2.44. The molecule has 0 heterocycles. The van der Waals surface area contributed by atoms with Gasteiger partial charge in [-0.25, -0.2) is 0 Å². The standard InChI is InChI=1S/C8H14/c1-6-2-3-7-5-8(7)4-6/h6-8H,2-5H2,1H3/t6-,7?,8?/m0/s1. The van der Waals surface area contributed by atoms with Gasteiger partial charge in [0.2, 0.25) is 0 Å². The molecule has 0 aliphatic heterocycles. The molecule has 0 aromatic carbocycles. The average molecular weight is 110 g/mol. The highest BCUT2D eigenvalue weighted by molar-refractivity contribution is 4.91. The van der Waals surface area contributed by atoms with Crippen LogP contribution in [0.5, 0.6) is 0 Å². The van der Waals surface area contributed by atoms with Gasteiger partial charge in [0.15, 0.2) is 0 Å². The molecule has 0 aromatic rings. The van der Waals surface area contributed by atoms with Crippen molar-refractivity contribution in [3.8, 4) is 0 Å². The van der Waals surface area contributed by atoms with Crippen LogP contribution in [0, 0.1) is 17.8 Å². The van der Waals surface area contributed by atoms with E-state index in [9.17, 15) is 0 Å². The second kappa shape index (κ2) is 1.49. The zero-order chi connectivity index (χ0) is 5.56. The van der Waals surface area contributed by atoms with Gasteiger partial charge < -0.3 is 0 Å². The molecule has 2 aliphatic rings. The summed E-state index contributed by atoms with van der Waals surface area (Å²) in [5, 5.41) is 0. The first-order valence-electron chi connectivity index (χ1n) is 3.86. The fourth-order valence-electron chi connectivity index (χ4n) is 2.09. The Bertz CT molecular complexity index is 96.2. The van der Waals surface area contributed by atoms with E-state index >= 15 is 0 Å². The zero-order valence-electron chi connectivity index (χ0n) is 5.56. The van der Waals surface area contributed by atoms with E-state index in [1.54, 1.807) is 19.3 Å². The monoisotopic (exact) mass is 110 g/mol. The van der Waals surface area contributed by atoms with Crippen molar-refractivity contribution in [1.82, 2.24) is 0 Å². The second-order valence-electron chi connectivity index (χ2n) is 3.67. The van der Waals surface area contributed by atoms with Crippen molar-refractivity contribution >= 4 is 0 Å². The molecule has 0 saturated heterocycles. The highest BCUT2D eigenvalue weighted by atomic mass is 14.5. The molecule has 2 unspecified atom stereocenters. The van der Waals surface area contributed by atoms with Crippen LogP contribution in [0.15, 0.2) is 0 Å². The Morgan fingerprint density at radius 3 is 2.50 bits per heavy atom. The normalized spacial score (nSPS) is 52.9. The van der Waals surface area contributed by atoms with Crippen LogP contribution in [-0.2, 0) is 0 Å². The highest BCUT2D eigenvalue weighted by Crippen LogP contribution is 2.51. The molecule has 0 nitrogen and oxygen atoms in total. The van der Waals surface area contributed by atoms with E-state index < -0.39 is 0 Å².